The maximum Gasteiger partial charge on any atom is 0.262 e. The number of anilines is 1. The lowest BCUT2D eigenvalue weighted by Gasteiger charge is -2.12. The van der Waals surface area contributed by atoms with E-state index in [9.17, 15) is 9.59 Å². The smallest absolute Gasteiger partial charge is 0.262 e. The van der Waals surface area contributed by atoms with Gasteiger partial charge in [-0.2, -0.15) is 5.10 Å². The van der Waals surface area contributed by atoms with Crippen molar-refractivity contribution in [3.63, 3.8) is 0 Å². The van der Waals surface area contributed by atoms with Gasteiger partial charge >= 0.3 is 0 Å². The number of hydrogen-bond donors (Lipinski definition) is 2. The molecule has 6 nitrogen and oxygen atoms in total. The molecule has 0 saturated heterocycles. The molecule has 0 aliphatic rings. The van der Waals surface area contributed by atoms with E-state index in [-0.39, 0.29) is 11.8 Å². The van der Waals surface area contributed by atoms with Gasteiger partial charge in [-0.1, -0.05) is 0 Å². The highest BCUT2D eigenvalue weighted by molar-refractivity contribution is 9.11. The van der Waals surface area contributed by atoms with Gasteiger partial charge in [-0.05, 0) is 35.0 Å². The number of thiophene rings is 1. The average molecular weight is 357 g/mol. The molecule has 0 fully saturated rings. The molecule has 2 aromatic heterocycles. The molecular formula is C12H13BrN4O2S. The summed E-state index contributed by atoms with van der Waals surface area (Å²) in [6, 6.07) is 4.53. The van der Waals surface area contributed by atoms with Crippen LogP contribution in [-0.4, -0.2) is 27.6 Å². The third-order valence-corrected chi connectivity index (χ3v) is 4.13. The highest BCUT2D eigenvalue weighted by Crippen LogP contribution is 2.21. The molecule has 8 heteroatoms. The predicted molar refractivity (Wildman–Crippen MR) is 80.8 cm³/mol. The molecule has 0 spiro atoms. The van der Waals surface area contributed by atoms with Crippen LogP contribution in [0.15, 0.2) is 28.2 Å². The highest BCUT2D eigenvalue weighted by Gasteiger charge is 2.18. The lowest BCUT2D eigenvalue weighted by molar-refractivity contribution is -0.117. The maximum absolute atomic E-state index is 11.9. The summed E-state index contributed by atoms with van der Waals surface area (Å²) in [4.78, 5) is 24.4. The Hall–Kier alpha value is -1.67. The first-order valence-electron chi connectivity index (χ1n) is 5.82. The van der Waals surface area contributed by atoms with E-state index in [0.29, 0.717) is 10.7 Å². The summed E-state index contributed by atoms with van der Waals surface area (Å²) >= 11 is 4.60. The number of aryl methyl sites for hydroxylation is 1. The number of hydrogen-bond acceptors (Lipinski definition) is 4. The Balaban J connectivity index is 1.92. The van der Waals surface area contributed by atoms with Crippen molar-refractivity contribution in [2.75, 3.05) is 5.32 Å². The van der Waals surface area contributed by atoms with Crippen molar-refractivity contribution in [1.29, 1.82) is 0 Å². The Kier molecular flexibility index (Phi) is 4.56. The average Bonchev–Trinajstić information content (AvgIpc) is 2.98. The van der Waals surface area contributed by atoms with Crippen LogP contribution in [0.1, 0.15) is 16.6 Å². The topological polar surface area (TPSA) is 76.0 Å². The van der Waals surface area contributed by atoms with E-state index >= 15 is 0 Å². The second-order valence-electron chi connectivity index (χ2n) is 4.16. The van der Waals surface area contributed by atoms with Crippen LogP contribution < -0.4 is 10.6 Å². The normalized spacial score (nSPS) is 11.9. The molecule has 1 unspecified atom stereocenters. The lowest BCUT2D eigenvalue weighted by Crippen LogP contribution is -2.41. The van der Waals surface area contributed by atoms with E-state index in [0.717, 1.165) is 3.79 Å². The van der Waals surface area contributed by atoms with Crippen molar-refractivity contribution >= 4 is 44.9 Å². The fourth-order valence-corrected chi connectivity index (χ4v) is 2.78. The van der Waals surface area contributed by atoms with Crippen LogP contribution >= 0.6 is 27.3 Å². The molecule has 1 atom stereocenters. The molecule has 2 N–H and O–H groups in total. The van der Waals surface area contributed by atoms with E-state index < -0.39 is 6.04 Å². The second-order valence-corrected chi connectivity index (χ2v) is 6.63. The number of nitrogens with zero attached hydrogens (tertiary/aromatic N) is 2. The molecule has 2 heterocycles. The molecule has 0 radical (unpaired) electrons. The molecule has 0 saturated carbocycles. The molecule has 0 bridgehead atoms. The predicted octanol–water partition coefficient (Wildman–Crippen LogP) is 2.00. The molecule has 2 aromatic rings. The number of halogens is 1. The first-order chi connectivity index (χ1) is 9.45. The summed E-state index contributed by atoms with van der Waals surface area (Å²) in [6.45, 7) is 1.62. The zero-order valence-electron chi connectivity index (χ0n) is 10.9. The Bertz CT molecular complexity index is 637. The standard InChI is InChI=1S/C12H13BrN4O2S/c1-7(11(18)15-10-5-6-17(2)16-10)14-12(19)8-3-4-9(13)20-8/h3-7H,1-2H3,(H,14,19)(H,15,16,18). The Morgan fingerprint density at radius 2 is 2.15 bits per heavy atom. The van der Waals surface area contributed by atoms with Crippen molar-refractivity contribution in [2.45, 2.75) is 13.0 Å². The molecule has 0 aromatic carbocycles. The number of aromatic nitrogens is 2. The molecule has 0 aliphatic heterocycles. The second kappa shape index (κ2) is 6.19. The summed E-state index contributed by atoms with van der Waals surface area (Å²) in [6.07, 6.45) is 1.72. The van der Waals surface area contributed by atoms with Crippen molar-refractivity contribution in [2.24, 2.45) is 7.05 Å². The van der Waals surface area contributed by atoms with Crippen LogP contribution in [0.5, 0.6) is 0 Å². The number of nitrogens with one attached hydrogen (secondary N) is 2. The third-order valence-electron chi connectivity index (χ3n) is 2.50. The first kappa shape index (κ1) is 14.7. The van der Waals surface area contributed by atoms with Crippen LogP contribution in [0, 0.1) is 0 Å². The van der Waals surface area contributed by atoms with Crippen LogP contribution in [0.3, 0.4) is 0 Å². The summed E-state index contributed by atoms with van der Waals surface area (Å²) in [5.74, 6) is -0.130. The van der Waals surface area contributed by atoms with Crippen LogP contribution in [0.4, 0.5) is 5.82 Å². The highest BCUT2D eigenvalue weighted by atomic mass is 79.9. The minimum absolute atomic E-state index is 0.274. The SMILES string of the molecule is CC(NC(=O)c1ccc(Br)s1)C(=O)Nc1ccn(C)n1. The van der Waals surface area contributed by atoms with E-state index in [1.807, 2.05) is 0 Å². The van der Waals surface area contributed by atoms with Gasteiger partial charge in [0.15, 0.2) is 5.82 Å². The molecule has 20 heavy (non-hydrogen) atoms. The Morgan fingerprint density at radius 3 is 2.70 bits per heavy atom. The zero-order valence-corrected chi connectivity index (χ0v) is 13.3. The minimum Gasteiger partial charge on any atom is -0.340 e. The fraction of sp³-hybridized carbons (Fsp3) is 0.250. The van der Waals surface area contributed by atoms with Gasteiger partial charge in [-0.15, -0.1) is 11.3 Å². The van der Waals surface area contributed by atoms with Gasteiger partial charge in [0.25, 0.3) is 5.91 Å². The minimum atomic E-state index is -0.648. The van der Waals surface area contributed by atoms with Crippen LogP contribution in [0.2, 0.25) is 0 Å². The number of rotatable bonds is 4. The first-order valence-corrected chi connectivity index (χ1v) is 7.43. The van der Waals surface area contributed by atoms with E-state index in [1.165, 1.54) is 11.3 Å². The summed E-state index contributed by atoms with van der Waals surface area (Å²) in [5.41, 5.74) is 0. The van der Waals surface area contributed by atoms with Gasteiger partial charge < -0.3 is 10.6 Å². The fourth-order valence-electron chi connectivity index (χ4n) is 1.49. The zero-order chi connectivity index (χ0) is 14.7. The summed E-state index contributed by atoms with van der Waals surface area (Å²) in [7, 11) is 1.76. The van der Waals surface area contributed by atoms with Gasteiger partial charge in [0.1, 0.15) is 6.04 Å². The molecule has 0 aliphatic carbocycles. The number of carbonyl (C=O) groups is 2. The Morgan fingerprint density at radius 1 is 1.40 bits per heavy atom. The quantitative estimate of drug-likeness (QED) is 0.879. The Labute approximate surface area is 128 Å². The summed E-state index contributed by atoms with van der Waals surface area (Å²) < 4.78 is 2.45. The summed E-state index contributed by atoms with van der Waals surface area (Å²) in [5, 5.41) is 9.32. The van der Waals surface area contributed by atoms with E-state index in [2.05, 4.69) is 31.7 Å². The third kappa shape index (κ3) is 3.67. The molecule has 2 amide bonds. The number of amides is 2. The van der Waals surface area contributed by atoms with Gasteiger partial charge in [0, 0.05) is 19.3 Å². The largest absolute Gasteiger partial charge is 0.340 e. The van der Waals surface area contributed by atoms with Gasteiger partial charge in [0.2, 0.25) is 5.91 Å². The van der Waals surface area contributed by atoms with Gasteiger partial charge in [0.05, 0.1) is 8.66 Å². The maximum atomic E-state index is 11.9. The monoisotopic (exact) mass is 356 g/mol. The van der Waals surface area contributed by atoms with Gasteiger partial charge in [-0.3, -0.25) is 14.3 Å². The molecular weight excluding hydrogens is 344 g/mol. The van der Waals surface area contributed by atoms with Crippen LogP contribution in [-0.2, 0) is 11.8 Å². The molecule has 2 rings (SSSR count). The van der Waals surface area contributed by atoms with Crippen molar-refractivity contribution < 1.29 is 9.59 Å². The molecule has 106 valence electrons. The van der Waals surface area contributed by atoms with Gasteiger partial charge in [-0.25, -0.2) is 0 Å². The van der Waals surface area contributed by atoms with Crippen molar-refractivity contribution in [3.05, 3.63) is 33.1 Å². The van der Waals surface area contributed by atoms with E-state index in [4.69, 9.17) is 0 Å². The number of carbonyl (C=O) groups excluding carboxylic acids is 2. The van der Waals surface area contributed by atoms with Crippen LogP contribution in [0.25, 0.3) is 0 Å². The van der Waals surface area contributed by atoms with Crippen molar-refractivity contribution in [3.8, 4) is 0 Å². The lowest BCUT2D eigenvalue weighted by atomic mass is 10.3. The van der Waals surface area contributed by atoms with Crippen molar-refractivity contribution in [1.82, 2.24) is 15.1 Å². The van der Waals surface area contributed by atoms with E-state index in [1.54, 1.807) is 43.0 Å².